The van der Waals surface area contributed by atoms with Gasteiger partial charge >= 0.3 is 0 Å². The number of allylic oxidation sites excluding steroid dienone is 1. The van der Waals surface area contributed by atoms with E-state index in [1.807, 2.05) is 4.90 Å². The minimum Gasteiger partial charge on any atom is -0.355 e. The number of rotatable bonds is 7. The second kappa shape index (κ2) is 8.35. The van der Waals surface area contributed by atoms with E-state index >= 15 is 0 Å². The number of carbonyl (C=O) groups is 2. The van der Waals surface area contributed by atoms with Crippen molar-refractivity contribution in [2.24, 2.45) is 5.92 Å². The van der Waals surface area contributed by atoms with Gasteiger partial charge in [-0.25, -0.2) is 0 Å². The molecule has 22 heavy (non-hydrogen) atoms. The van der Waals surface area contributed by atoms with Crippen molar-refractivity contribution in [2.75, 3.05) is 13.1 Å². The Kier molecular flexibility index (Phi) is 6.47. The lowest BCUT2D eigenvalue weighted by molar-refractivity contribution is -0.130. The molecule has 1 aliphatic carbocycles. The van der Waals surface area contributed by atoms with Gasteiger partial charge in [0, 0.05) is 25.6 Å². The number of nitrogens with one attached hydrogen (secondary N) is 1. The molecule has 1 heterocycles. The summed E-state index contributed by atoms with van der Waals surface area (Å²) in [6.07, 6.45) is 10.5. The zero-order chi connectivity index (χ0) is 15.9. The summed E-state index contributed by atoms with van der Waals surface area (Å²) in [5.74, 6) is 0.0375. The average Bonchev–Trinajstić information content (AvgIpc) is 2.92. The molecule has 1 saturated heterocycles. The first-order valence-electron chi connectivity index (χ1n) is 8.90. The maximum absolute atomic E-state index is 12.3. The first kappa shape index (κ1) is 17.0. The Hall–Kier alpha value is -1.32. The predicted molar refractivity (Wildman–Crippen MR) is 88.4 cm³/mol. The number of likely N-dealkylation sites (tertiary alicyclic amines) is 1. The molecule has 2 rings (SSSR count). The van der Waals surface area contributed by atoms with E-state index in [0.717, 1.165) is 19.3 Å². The SMILES string of the molecule is CCC(CC)N1CC(C(=O)NCCC2=CCCCC2)CC1=O. The Bertz CT molecular complexity index is 427. The fourth-order valence-electron chi connectivity index (χ4n) is 3.61. The molecule has 1 N–H and O–H groups in total. The molecule has 2 amide bonds. The minimum absolute atomic E-state index is 0.0539. The lowest BCUT2D eigenvalue weighted by atomic mass is 9.97. The van der Waals surface area contributed by atoms with E-state index in [1.165, 1.54) is 31.3 Å². The van der Waals surface area contributed by atoms with Crippen LogP contribution in [0.2, 0.25) is 0 Å². The van der Waals surface area contributed by atoms with Gasteiger partial charge in [0.25, 0.3) is 0 Å². The summed E-state index contributed by atoms with van der Waals surface area (Å²) in [6.45, 7) is 5.51. The van der Waals surface area contributed by atoms with Crippen LogP contribution >= 0.6 is 0 Å². The second-order valence-corrected chi connectivity index (χ2v) is 6.57. The van der Waals surface area contributed by atoms with Crippen molar-refractivity contribution in [3.05, 3.63) is 11.6 Å². The van der Waals surface area contributed by atoms with Gasteiger partial charge in [-0.05, 0) is 44.9 Å². The van der Waals surface area contributed by atoms with Crippen LogP contribution in [0.3, 0.4) is 0 Å². The van der Waals surface area contributed by atoms with E-state index in [0.29, 0.717) is 19.5 Å². The van der Waals surface area contributed by atoms with Gasteiger partial charge in [-0.1, -0.05) is 25.5 Å². The van der Waals surface area contributed by atoms with E-state index in [2.05, 4.69) is 25.2 Å². The first-order valence-corrected chi connectivity index (χ1v) is 8.90. The second-order valence-electron chi connectivity index (χ2n) is 6.57. The van der Waals surface area contributed by atoms with Crippen LogP contribution in [0, 0.1) is 5.92 Å². The zero-order valence-electron chi connectivity index (χ0n) is 14.1. The topological polar surface area (TPSA) is 49.4 Å². The zero-order valence-corrected chi connectivity index (χ0v) is 14.1. The molecule has 4 heteroatoms. The summed E-state index contributed by atoms with van der Waals surface area (Å²) >= 11 is 0. The van der Waals surface area contributed by atoms with Crippen molar-refractivity contribution in [3.63, 3.8) is 0 Å². The maximum atomic E-state index is 12.3. The summed E-state index contributed by atoms with van der Waals surface area (Å²) < 4.78 is 0. The number of hydrogen-bond acceptors (Lipinski definition) is 2. The number of hydrogen-bond donors (Lipinski definition) is 1. The van der Waals surface area contributed by atoms with Crippen LogP contribution in [0.4, 0.5) is 0 Å². The molecule has 0 saturated carbocycles. The predicted octanol–water partition coefficient (Wildman–Crippen LogP) is 3.03. The van der Waals surface area contributed by atoms with Crippen molar-refractivity contribution in [3.8, 4) is 0 Å². The molecule has 0 aromatic rings. The summed E-state index contributed by atoms with van der Waals surface area (Å²) in [5, 5.41) is 3.03. The largest absolute Gasteiger partial charge is 0.355 e. The average molecular weight is 306 g/mol. The first-order chi connectivity index (χ1) is 10.7. The molecule has 0 aromatic heterocycles. The lowest BCUT2D eigenvalue weighted by Gasteiger charge is -2.26. The van der Waals surface area contributed by atoms with Gasteiger partial charge in [0.2, 0.25) is 11.8 Å². The van der Waals surface area contributed by atoms with Crippen LogP contribution in [-0.4, -0.2) is 35.8 Å². The molecular weight excluding hydrogens is 276 g/mol. The van der Waals surface area contributed by atoms with Crippen molar-refractivity contribution in [1.82, 2.24) is 10.2 Å². The molecule has 0 bridgehead atoms. The van der Waals surface area contributed by atoms with Crippen LogP contribution in [0.5, 0.6) is 0 Å². The van der Waals surface area contributed by atoms with Gasteiger partial charge in [-0.2, -0.15) is 0 Å². The van der Waals surface area contributed by atoms with E-state index < -0.39 is 0 Å². The number of carbonyl (C=O) groups excluding carboxylic acids is 2. The smallest absolute Gasteiger partial charge is 0.225 e. The van der Waals surface area contributed by atoms with Crippen LogP contribution in [0.25, 0.3) is 0 Å². The summed E-state index contributed by atoms with van der Waals surface area (Å²) in [4.78, 5) is 26.3. The highest BCUT2D eigenvalue weighted by Gasteiger charge is 2.36. The maximum Gasteiger partial charge on any atom is 0.225 e. The number of nitrogens with zero attached hydrogens (tertiary/aromatic N) is 1. The highest BCUT2D eigenvalue weighted by Crippen LogP contribution is 2.23. The Morgan fingerprint density at radius 3 is 2.77 bits per heavy atom. The molecule has 1 aliphatic heterocycles. The molecule has 1 unspecified atom stereocenters. The molecule has 0 radical (unpaired) electrons. The molecule has 0 spiro atoms. The van der Waals surface area contributed by atoms with Gasteiger partial charge < -0.3 is 10.2 Å². The van der Waals surface area contributed by atoms with Gasteiger partial charge in [0.1, 0.15) is 0 Å². The molecule has 124 valence electrons. The van der Waals surface area contributed by atoms with Crippen LogP contribution in [0.1, 0.15) is 65.2 Å². The highest BCUT2D eigenvalue weighted by atomic mass is 16.2. The lowest BCUT2D eigenvalue weighted by Crippen LogP contribution is -2.38. The molecule has 1 atom stereocenters. The van der Waals surface area contributed by atoms with Gasteiger partial charge in [0.05, 0.1) is 5.92 Å². The summed E-state index contributed by atoms with van der Waals surface area (Å²) in [5.41, 5.74) is 1.48. The minimum atomic E-state index is -0.159. The van der Waals surface area contributed by atoms with Crippen molar-refractivity contribution < 1.29 is 9.59 Å². The molecule has 4 nitrogen and oxygen atoms in total. The van der Waals surface area contributed by atoms with Gasteiger partial charge in [0.15, 0.2) is 0 Å². The summed E-state index contributed by atoms with van der Waals surface area (Å²) in [6, 6.07) is 0.290. The van der Waals surface area contributed by atoms with Gasteiger partial charge in [-0.3, -0.25) is 9.59 Å². The monoisotopic (exact) mass is 306 g/mol. The fourth-order valence-corrected chi connectivity index (χ4v) is 3.61. The van der Waals surface area contributed by atoms with Crippen LogP contribution in [-0.2, 0) is 9.59 Å². The van der Waals surface area contributed by atoms with Crippen LogP contribution < -0.4 is 5.32 Å². The third kappa shape index (κ3) is 4.34. The fraction of sp³-hybridized carbons (Fsp3) is 0.778. The van der Waals surface area contributed by atoms with Crippen molar-refractivity contribution >= 4 is 11.8 Å². The third-order valence-electron chi connectivity index (χ3n) is 5.04. The number of amides is 2. The van der Waals surface area contributed by atoms with Gasteiger partial charge in [-0.15, -0.1) is 0 Å². The summed E-state index contributed by atoms with van der Waals surface area (Å²) in [7, 11) is 0. The molecule has 0 aromatic carbocycles. The Balaban J connectivity index is 1.76. The quantitative estimate of drug-likeness (QED) is 0.735. The Labute approximate surface area is 134 Å². The van der Waals surface area contributed by atoms with Crippen LogP contribution in [0.15, 0.2) is 11.6 Å². The van der Waals surface area contributed by atoms with E-state index in [9.17, 15) is 9.59 Å². The van der Waals surface area contributed by atoms with Crippen molar-refractivity contribution in [2.45, 2.75) is 71.3 Å². The van der Waals surface area contributed by atoms with Crippen molar-refractivity contribution in [1.29, 1.82) is 0 Å². The van der Waals surface area contributed by atoms with E-state index in [4.69, 9.17) is 0 Å². The highest BCUT2D eigenvalue weighted by molar-refractivity contribution is 5.89. The molecule has 1 fully saturated rings. The molecule has 2 aliphatic rings. The van der Waals surface area contributed by atoms with E-state index in [-0.39, 0.29) is 23.8 Å². The third-order valence-corrected chi connectivity index (χ3v) is 5.04. The Morgan fingerprint density at radius 1 is 1.36 bits per heavy atom. The Morgan fingerprint density at radius 2 is 2.14 bits per heavy atom. The molecular formula is C18H30N2O2. The van der Waals surface area contributed by atoms with E-state index in [1.54, 1.807) is 0 Å². The standard InChI is InChI=1S/C18H30N2O2/c1-3-16(4-2)20-13-15(12-17(20)21)18(22)19-11-10-14-8-6-5-7-9-14/h8,15-16H,3-7,9-13H2,1-2H3,(H,19,22). The normalized spacial score (nSPS) is 22.1.